The summed E-state index contributed by atoms with van der Waals surface area (Å²) in [6.07, 6.45) is 0. The Morgan fingerprint density at radius 2 is 1.20 bits per heavy atom. The third-order valence-corrected chi connectivity index (χ3v) is 2.12. The zero-order valence-electron chi connectivity index (χ0n) is 7.97. The van der Waals surface area contributed by atoms with Crippen LogP contribution in [-0.4, -0.2) is 0 Å². The van der Waals surface area contributed by atoms with E-state index in [1.807, 2.05) is 42.5 Å². The predicted octanol–water partition coefficient (Wildman–Crippen LogP) is 4.76. The minimum Gasteiger partial charge on any atom is -0.151 e. The molecule has 0 unspecified atom stereocenters. The van der Waals surface area contributed by atoms with Crippen LogP contribution in [0.4, 0.5) is 11.4 Å². The third kappa shape index (κ3) is 2.89. The number of rotatable bonds is 2. The van der Waals surface area contributed by atoms with Gasteiger partial charge >= 0.3 is 0 Å². The molecular formula is C12H9ClN2. The van der Waals surface area contributed by atoms with Crippen LogP contribution in [0.1, 0.15) is 0 Å². The summed E-state index contributed by atoms with van der Waals surface area (Å²) < 4.78 is 0. The van der Waals surface area contributed by atoms with Crippen LogP contribution in [0.3, 0.4) is 0 Å². The van der Waals surface area contributed by atoms with E-state index in [2.05, 4.69) is 10.2 Å². The summed E-state index contributed by atoms with van der Waals surface area (Å²) >= 11 is 5.76. The zero-order chi connectivity index (χ0) is 10.5. The van der Waals surface area contributed by atoms with E-state index in [9.17, 15) is 0 Å². The maximum absolute atomic E-state index is 5.76. The highest BCUT2D eigenvalue weighted by Crippen LogP contribution is 2.19. The normalized spacial score (nSPS) is 10.7. The summed E-state index contributed by atoms with van der Waals surface area (Å²) in [5, 5.41) is 8.87. The van der Waals surface area contributed by atoms with E-state index >= 15 is 0 Å². The van der Waals surface area contributed by atoms with Gasteiger partial charge in [0.1, 0.15) is 0 Å². The fourth-order valence-corrected chi connectivity index (χ4v) is 1.24. The molecule has 15 heavy (non-hydrogen) atoms. The average Bonchev–Trinajstić information content (AvgIpc) is 2.30. The molecule has 0 saturated carbocycles. The Hall–Kier alpha value is -1.67. The van der Waals surface area contributed by atoms with E-state index in [0.29, 0.717) is 5.02 Å². The summed E-state index contributed by atoms with van der Waals surface area (Å²) in [5.74, 6) is 0. The Morgan fingerprint density at radius 3 is 1.80 bits per heavy atom. The highest BCUT2D eigenvalue weighted by Gasteiger charge is 1.90. The highest BCUT2D eigenvalue weighted by atomic mass is 35.5. The van der Waals surface area contributed by atoms with Crippen LogP contribution in [0.25, 0.3) is 0 Å². The molecule has 2 nitrogen and oxygen atoms in total. The Bertz CT molecular complexity index is 449. The van der Waals surface area contributed by atoms with Crippen molar-refractivity contribution >= 4 is 23.0 Å². The van der Waals surface area contributed by atoms with E-state index in [1.54, 1.807) is 12.1 Å². The number of nitrogens with zero attached hydrogens (tertiary/aromatic N) is 2. The largest absolute Gasteiger partial charge is 0.151 e. The van der Waals surface area contributed by atoms with Crippen molar-refractivity contribution in [2.24, 2.45) is 10.2 Å². The van der Waals surface area contributed by atoms with Crippen molar-refractivity contribution in [1.82, 2.24) is 0 Å². The monoisotopic (exact) mass is 216 g/mol. The SMILES string of the molecule is Clc1ccc(N=Nc2ccccc2)cc1. The van der Waals surface area contributed by atoms with E-state index in [0.717, 1.165) is 11.4 Å². The summed E-state index contributed by atoms with van der Waals surface area (Å²) in [4.78, 5) is 0. The molecule has 0 aliphatic carbocycles. The molecule has 2 aromatic carbocycles. The van der Waals surface area contributed by atoms with Crippen molar-refractivity contribution in [3.05, 3.63) is 59.6 Å². The molecular weight excluding hydrogens is 208 g/mol. The second-order valence-electron chi connectivity index (χ2n) is 3.01. The zero-order valence-corrected chi connectivity index (χ0v) is 8.72. The topological polar surface area (TPSA) is 24.7 Å². The molecule has 0 spiro atoms. The lowest BCUT2D eigenvalue weighted by atomic mass is 10.3. The van der Waals surface area contributed by atoms with Crippen LogP contribution in [0.2, 0.25) is 5.02 Å². The average molecular weight is 217 g/mol. The number of hydrogen-bond donors (Lipinski definition) is 0. The maximum Gasteiger partial charge on any atom is 0.0858 e. The molecule has 2 rings (SSSR count). The first kappa shape index (κ1) is 9.87. The highest BCUT2D eigenvalue weighted by molar-refractivity contribution is 6.30. The van der Waals surface area contributed by atoms with Crippen molar-refractivity contribution < 1.29 is 0 Å². The maximum atomic E-state index is 5.76. The molecule has 0 fully saturated rings. The van der Waals surface area contributed by atoms with Gasteiger partial charge in [-0.1, -0.05) is 29.8 Å². The second-order valence-corrected chi connectivity index (χ2v) is 3.45. The van der Waals surface area contributed by atoms with E-state index in [1.165, 1.54) is 0 Å². The standard InChI is InChI=1S/C12H9ClN2/c13-10-6-8-12(9-7-10)15-14-11-4-2-1-3-5-11/h1-9H. The molecule has 0 atom stereocenters. The van der Waals surface area contributed by atoms with Crippen LogP contribution < -0.4 is 0 Å². The van der Waals surface area contributed by atoms with Crippen molar-refractivity contribution in [3.63, 3.8) is 0 Å². The van der Waals surface area contributed by atoms with Gasteiger partial charge in [-0.2, -0.15) is 10.2 Å². The van der Waals surface area contributed by atoms with Gasteiger partial charge in [0.15, 0.2) is 0 Å². The van der Waals surface area contributed by atoms with Gasteiger partial charge in [0.05, 0.1) is 11.4 Å². The number of halogens is 1. The molecule has 0 N–H and O–H groups in total. The first-order chi connectivity index (χ1) is 7.34. The molecule has 0 amide bonds. The van der Waals surface area contributed by atoms with E-state index in [4.69, 9.17) is 11.6 Å². The second kappa shape index (κ2) is 4.71. The fraction of sp³-hybridized carbons (Fsp3) is 0. The molecule has 0 aromatic heterocycles. The van der Waals surface area contributed by atoms with E-state index < -0.39 is 0 Å². The third-order valence-electron chi connectivity index (χ3n) is 1.86. The molecule has 2 aromatic rings. The minimum atomic E-state index is 0.702. The molecule has 0 aliphatic heterocycles. The first-order valence-electron chi connectivity index (χ1n) is 4.57. The summed E-state index contributed by atoms with van der Waals surface area (Å²) in [5.41, 5.74) is 1.63. The summed E-state index contributed by atoms with van der Waals surface area (Å²) in [6, 6.07) is 16.8. The predicted molar refractivity (Wildman–Crippen MR) is 62.1 cm³/mol. The lowest BCUT2D eigenvalue weighted by Gasteiger charge is -1.92. The van der Waals surface area contributed by atoms with Gasteiger partial charge in [0, 0.05) is 5.02 Å². The van der Waals surface area contributed by atoms with Gasteiger partial charge in [-0.3, -0.25) is 0 Å². The summed E-state index contributed by atoms with van der Waals surface area (Å²) in [6.45, 7) is 0. The summed E-state index contributed by atoms with van der Waals surface area (Å²) in [7, 11) is 0. The molecule has 0 radical (unpaired) electrons. The Kier molecular flexibility index (Phi) is 3.10. The van der Waals surface area contributed by atoms with Crippen LogP contribution >= 0.6 is 11.6 Å². The Balaban J connectivity index is 2.15. The fourth-order valence-electron chi connectivity index (χ4n) is 1.12. The Morgan fingerprint density at radius 1 is 0.667 bits per heavy atom. The van der Waals surface area contributed by atoms with Gasteiger partial charge in [-0.25, -0.2) is 0 Å². The molecule has 3 heteroatoms. The van der Waals surface area contributed by atoms with Gasteiger partial charge in [0.25, 0.3) is 0 Å². The molecule has 0 aliphatic rings. The Labute approximate surface area is 93.2 Å². The number of hydrogen-bond acceptors (Lipinski definition) is 2. The van der Waals surface area contributed by atoms with Crippen LogP contribution in [0.5, 0.6) is 0 Å². The van der Waals surface area contributed by atoms with Crippen molar-refractivity contribution in [2.45, 2.75) is 0 Å². The van der Waals surface area contributed by atoms with Crippen LogP contribution in [0.15, 0.2) is 64.8 Å². The number of azo groups is 1. The first-order valence-corrected chi connectivity index (χ1v) is 4.95. The lowest BCUT2D eigenvalue weighted by molar-refractivity contribution is 1.23. The minimum absolute atomic E-state index is 0.702. The smallest absolute Gasteiger partial charge is 0.0858 e. The van der Waals surface area contributed by atoms with Gasteiger partial charge in [-0.15, -0.1) is 0 Å². The molecule has 0 heterocycles. The quantitative estimate of drug-likeness (QED) is 0.647. The van der Waals surface area contributed by atoms with Gasteiger partial charge < -0.3 is 0 Å². The van der Waals surface area contributed by atoms with Crippen molar-refractivity contribution in [2.75, 3.05) is 0 Å². The molecule has 0 saturated heterocycles. The van der Waals surface area contributed by atoms with Gasteiger partial charge in [0.2, 0.25) is 0 Å². The van der Waals surface area contributed by atoms with Crippen LogP contribution in [0, 0.1) is 0 Å². The molecule has 74 valence electrons. The van der Waals surface area contributed by atoms with Gasteiger partial charge in [-0.05, 0) is 36.4 Å². The molecule has 0 bridgehead atoms. The van der Waals surface area contributed by atoms with E-state index in [-0.39, 0.29) is 0 Å². The lowest BCUT2D eigenvalue weighted by Crippen LogP contribution is -1.64. The van der Waals surface area contributed by atoms with Crippen molar-refractivity contribution in [3.8, 4) is 0 Å². The van der Waals surface area contributed by atoms with Crippen molar-refractivity contribution in [1.29, 1.82) is 0 Å². The number of benzene rings is 2. The van der Waals surface area contributed by atoms with Crippen LogP contribution in [-0.2, 0) is 0 Å².